The summed E-state index contributed by atoms with van der Waals surface area (Å²) in [4.78, 5) is 2.19. The Balaban J connectivity index is 1.22. The van der Waals surface area contributed by atoms with E-state index >= 15 is 0 Å². The van der Waals surface area contributed by atoms with E-state index in [1.807, 2.05) is 32.4 Å². The van der Waals surface area contributed by atoms with E-state index in [1.54, 1.807) is 12.1 Å². The Morgan fingerprint density at radius 3 is 2.31 bits per heavy atom. The van der Waals surface area contributed by atoms with Crippen LogP contribution in [0.25, 0.3) is 10.8 Å². The number of ether oxygens (including phenoxy) is 1. The second-order valence-electron chi connectivity index (χ2n) is 21.2. The molecule has 3 aliphatic rings. The van der Waals surface area contributed by atoms with Gasteiger partial charge in [0.25, 0.3) is 17.6 Å². The van der Waals surface area contributed by atoms with Gasteiger partial charge in [-0.05, 0) is 163 Å². The van der Waals surface area contributed by atoms with Crippen molar-refractivity contribution in [3.05, 3.63) is 143 Å². The van der Waals surface area contributed by atoms with Gasteiger partial charge in [0.15, 0.2) is 5.71 Å². The molecule has 0 fully saturated rings. The van der Waals surface area contributed by atoms with Crippen LogP contribution in [0.3, 0.4) is 0 Å². The molecular formula is C59H76N4O9PS2+. The first-order valence-corrected chi connectivity index (χ1v) is 30.6. The summed E-state index contributed by atoms with van der Waals surface area (Å²) >= 11 is 1.07. The molecule has 1 atom stereocenters. The molecule has 1 aliphatic carbocycles. The lowest BCUT2D eigenvalue weighted by Crippen LogP contribution is -2.35. The molecule has 0 amide bonds. The zero-order valence-corrected chi connectivity index (χ0v) is 47.5. The minimum Gasteiger partial charge on any atom is -0.457 e. The Morgan fingerprint density at radius 1 is 0.867 bits per heavy atom. The van der Waals surface area contributed by atoms with Crippen LogP contribution in [0, 0.1) is 11.3 Å². The van der Waals surface area contributed by atoms with Crippen LogP contribution in [0.4, 0.5) is 11.4 Å². The largest absolute Gasteiger partial charge is 0.457 e. The number of allylic oxidation sites excluding steroid dienone is 7. The molecule has 13 nitrogen and oxygen atoms in total. The molecule has 4 aromatic carbocycles. The number of hydrogen-bond donors (Lipinski definition) is 2. The number of anilines is 1. The van der Waals surface area contributed by atoms with Crippen LogP contribution in [-0.4, -0.2) is 76.9 Å². The van der Waals surface area contributed by atoms with Gasteiger partial charge in [0.2, 0.25) is 5.69 Å². The van der Waals surface area contributed by atoms with E-state index in [1.165, 1.54) is 51.1 Å². The van der Waals surface area contributed by atoms with E-state index < -0.39 is 17.6 Å². The summed E-state index contributed by atoms with van der Waals surface area (Å²) in [5.74, 6) is 1.83. The molecule has 1 unspecified atom stereocenters. The molecule has 0 saturated carbocycles. The monoisotopic (exact) mass is 1080 g/mol. The van der Waals surface area contributed by atoms with Crippen LogP contribution in [-0.2, 0) is 39.4 Å². The highest BCUT2D eigenvalue weighted by molar-refractivity contribution is 7.94. The van der Waals surface area contributed by atoms with E-state index in [0.29, 0.717) is 23.9 Å². The predicted octanol–water partition coefficient (Wildman–Crippen LogP) is 14.8. The number of unbranched alkanes of at least 4 members (excludes halogenated alkanes) is 4. The molecule has 0 saturated heterocycles. The van der Waals surface area contributed by atoms with E-state index in [-0.39, 0.29) is 40.4 Å². The topological polar surface area (TPSA) is 162 Å². The number of para-hydroxylation sites is 1. The highest BCUT2D eigenvalue weighted by Crippen LogP contribution is 2.54. The van der Waals surface area contributed by atoms with Gasteiger partial charge in [0.1, 0.15) is 18.1 Å². The third-order valence-electron chi connectivity index (χ3n) is 14.7. The van der Waals surface area contributed by atoms with Crippen LogP contribution >= 0.6 is 19.6 Å². The standard InChI is InChI=1S/C59H75N4O9PS2/c1-43(2)63(44(3)4)73(65,41-20-37-60)69-40-17-10-9-15-38-62-53-34-27-45-21-11-12-24-50(45)56(53)59(7,8)55(62)36-29-47-23-19-22-46(57(47)70-48-30-32-49(33-31-48)75(66,67)68)28-35-54-58(5,6)51-25-13-14-26-52(51)61(54)39-16-18-42-74-72-71-64/h11-14,21,24-36,43-44H,9-10,15-20,22-23,38-42H2,1-8H3,(H-,64,66,67,68)/p+1. The van der Waals surface area contributed by atoms with Gasteiger partial charge in [0.05, 0.1) is 29.1 Å². The molecule has 4 aromatic rings. The van der Waals surface area contributed by atoms with Crippen molar-refractivity contribution in [3.63, 3.8) is 0 Å². The summed E-state index contributed by atoms with van der Waals surface area (Å²) < 4.78 is 70.2. The lowest BCUT2D eigenvalue weighted by molar-refractivity contribution is -0.438. The van der Waals surface area contributed by atoms with Crippen molar-refractivity contribution in [1.29, 1.82) is 5.26 Å². The smallest absolute Gasteiger partial charge is 0.294 e. The number of rotatable bonds is 26. The Kier molecular flexibility index (Phi) is 19.7. The highest BCUT2D eigenvalue weighted by atomic mass is 32.2. The van der Waals surface area contributed by atoms with Crippen LogP contribution in [0.1, 0.15) is 131 Å². The SMILES string of the molecule is CC(C)N(C(C)C)P(=O)(CCC#N)OCCCCCC[N+]1=C(/C=C/C2=C(Oc3ccc(S(=O)(=O)O)cc3)C(=C/C=C3/N(CCCCSOOO)c4ccccc4C3(C)C)/CCC2)C(C)(C)c2c1ccc1ccccc21. The third kappa shape index (κ3) is 13.5. The van der Waals surface area contributed by atoms with E-state index in [9.17, 15) is 22.8 Å². The van der Waals surface area contributed by atoms with Gasteiger partial charge in [-0.2, -0.15) is 18.3 Å². The summed E-state index contributed by atoms with van der Waals surface area (Å²) in [6, 6.07) is 29.7. The van der Waals surface area contributed by atoms with Crippen molar-refractivity contribution in [3.8, 4) is 11.8 Å². The minimum atomic E-state index is -4.40. The van der Waals surface area contributed by atoms with E-state index in [2.05, 4.69) is 138 Å². The number of hydrogen-bond acceptors (Lipinski definition) is 11. The van der Waals surface area contributed by atoms with Gasteiger partial charge in [-0.25, -0.2) is 9.93 Å². The van der Waals surface area contributed by atoms with Crippen molar-refractivity contribution >= 4 is 57.5 Å². The second-order valence-corrected chi connectivity index (χ2v) is 25.9. The van der Waals surface area contributed by atoms with Gasteiger partial charge in [-0.1, -0.05) is 73.8 Å². The molecule has 0 bridgehead atoms. The summed E-state index contributed by atoms with van der Waals surface area (Å²) in [5.41, 5.74) is 8.62. The number of nitriles is 1. The fourth-order valence-electron chi connectivity index (χ4n) is 11.3. The molecular weight excluding hydrogens is 1000 g/mol. The summed E-state index contributed by atoms with van der Waals surface area (Å²) in [6.45, 7) is 19.2. The molecule has 2 aliphatic heterocycles. The first-order chi connectivity index (χ1) is 35.8. The van der Waals surface area contributed by atoms with Crippen LogP contribution < -0.4 is 9.64 Å². The zero-order valence-electron chi connectivity index (χ0n) is 45.0. The molecule has 75 heavy (non-hydrogen) atoms. The van der Waals surface area contributed by atoms with E-state index in [4.69, 9.17) is 14.5 Å². The number of nitrogens with zero attached hydrogens (tertiary/aromatic N) is 4. The summed E-state index contributed by atoms with van der Waals surface area (Å²) in [7, 11) is -7.58. The molecule has 0 spiro atoms. The van der Waals surface area contributed by atoms with Gasteiger partial charge in [0, 0.05) is 83.8 Å². The maximum absolute atomic E-state index is 14.2. The van der Waals surface area contributed by atoms with Gasteiger partial charge in [-0.3, -0.25) is 9.12 Å². The molecule has 7 rings (SSSR count). The molecule has 0 radical (unpaired) electrons. The normalized spacial score (nSPS) is 18.3. The Hall–Kier alpha value is -4.85. The summed E-state index contributed by atoms with van der Waals surface area (Å²) in [6.07, 6.45) is 17.0. The molecule has 2 N–H and O–H groups in total. The Labute approximate surface area is 449 Å². The first-order valence-electron chi connectivity index (χ1n) is 26.4. The van der Waals surface area contributed by atoms with Crippen LogP contribution in [0.5, 0.6) is 5.75 Å². The van der Waals surface area contributed by atoms with Crippen molar-refractivity contribution < 1.29 is 46.0 Å². The third-order valence-corrected chi connectivity index (χ3v) is 19.2. The molecule has 2 heterocycles. The Morgan fingerprint density at radius 2 is 1.59 bits per heavy atom. The quantitative estimate of drug-likeness (QED) is 0.0116. The highest BCUT2D eigenvalue weighted by Gasteiger charge is 2.46. The van der Waals surface area contributed by atoms with Crippen molar-refractivity contribution in [2.45, 2.75) is 147 Å². The lowest BCUT2D eigenvalue weighted by atomic mass is 9.78. The second kappa shape index (κ2) is 25.5. The molecule has 0 aromatic heterocycles. The van der Waals surface area contributed by atoms with Gasteiger partial charge < -0.3 is 14.2 Å². The fraction of sp³-hybridized carbons (Fsp3) is 0.458. The van der Waals surface area contributed by atoms with Crippen molar-refractivity contribution in [1.82, 2.24) is 4.67 Å². The predicted molar refractivity (Wildman–Crippen MR) is 302 cm³/mol. The van der Waals surface area contributed by atoms with Crippen molar-refractivity contribution in [2.75, 3.05) is 36.5 Å². The molecule has 16 heteroatoms. The molecule has 402 valence electrons. The van der Waals surface area contributed by atoms with Crippen LogP contribution in [0.15, 0.2) is 137 Å². The average Bonchev–Trinajstić information content (AvgIpc) is 3.73. The summed E-state index contributed by atoms with van der Waals surface area (Å²) in [5, 5.41) is 24.1. The fourth-order valence-corrected chi connectivity index (χ4v) is 14.9. The zero-order chi connectivity index (χ0) is 54.0. The number of benzene rings is 4. The van der Waals surface area contributed by atoms with Crippen molar-refractivity contribution in [2.24, 2.45) is 0 Å². The van der Waals surface area contributed by atoms with Gasteiger partial charge >= 0.3 is 0 Å². The Bertz CT molecular complexity index is 3020. The van der Waals surface area contributed by atoms with E-state index in [0.717, 1.165) is 99.8 Å². The maximum atomic E-state index is 14.2. The minimum absolute atomic E-state index is 0.0269. The number of fused-ring (bicyclic) bond motifs is 4. The maximum Gasteiger partial charge on any atom is 0.294 e. The first kappa shape index (κ1) is 57.8. The van der Waals surface area contributed by atoms with Crippen LogP contribution in [0.2, 0.25) is 0 Å². The van der Waals surface area contributed by atoms with Gasteiger partial charge in [-0.15, -0.1) is 4.33 Å². The lowest BCUT2D eigenvalue weighted by Gasteiger charge is -2.37. The average molecular weight is 1080 g/mol.